The zero-order chi connectivity index (χ0) is 21.3. The first-order chi connectivity index (χ1) is 14.4. The molecule has 1 saturated carbocycles. The zero-order valence-electron chi connectivity index (χ0n) is 17.1. The number of hydrogen-bond donors (Lipinski definition) is 3. The number of anilines is 1. The summed E-state index contributed by atoms with van der Waals surface area (Å²) in [7, 11) is 0. The molecule has 0 aromatic heterocycles. The lowest BCUT2D eigenvalue weighted by Gasteiger charge is -2.41. The number of hydrogen-bond acceptors (Lipinski definition) is 4. The van der Waals surface area contributed by atoms with Crippen molar-refractivity contribution in [3.8, 4) is 0 Å². The van der Waals surface area contributed by atoms with Crippen molar-refractivity contribution < 1.29 is 24.2 Å². The van der Waals surface area contributed by atoms with E-state index in [-0.39, 0.29) is 30.4 Å². The molecule has 4 rings (SSSR count). The normalized spacial score (nSPS) is 29.5. The number of benzene rings is 1. The van der Waals surface area contributed by atoms with Gasteiger partial charge >= 0.3 is 6.09 Å². The van der Waals surface area contributed by atoms with E-state index in [1.54, 1.807) is 12.1 Å². The van der Waals surface area contributed by atoms with Crippen LogP contribution in [-0.2, 0) is 11.3 Å². The second kappa shape index (κ2) is 8.41. The Bertz CT molecular complexity index is 812. The summed E-state index contributed by atoms with van der Waals surface area (Å²) in [4.78, 5) is 28.0. The van der Waals surface area contributed by atoms with E-state index >= 15 is 0 Å². The number of nitrogens with one attached hydrogen (secondary N) is 1. The van der Waals surface area contributed by atoms with Crippen LogP contribution in [0.25, 0.3) is 0 Å². The van der Waals surface area contributed by atoms with Gasteiger partial charge in [-0.2, -0.15) is 0 Å². The topological polar surface area (TPSA) is 93.1 Å². The molecular formula is C22H30FN3O4. The van der Waals surface area contributed by atoms with Crippen LogP contribution in [0.15, 0.2) is 18.2 Å². The maximum Gasteiger partial charge on any atom is 0.404 e. The lowest BCUT2D eigenvalue weighted by molar-refractivity contribution is -0.139. The van der Waals surface area contributed by atoms with Crippen molar-refractivity contribution in [2.24, 2.45) is 5.41 Å². The van der Waals surface area contributed by atoms with Gasteiger partial charge in [0.05, 0.1) is 17.2 Å². The van der Waals surface area contributed by atoms with Crippen molar-refractivity contribution in [3.63, 3.8) is 0 Å². The van der Waals surface area contributed by atoms with Crippen molar-refractivity contribution in [1.82, 2.24) is 10.2 Å². The molecule has 1 aliphatic carbocycles. The van der Waals surface area contributed by atoms with Crippen molar-refractivity contribution >= 4 is 17.7 Å². The average Bonchev–Trinajstić information content (AvgIpc) is 3.03. The summed E-state index contributed by atoms with van der Waals surface area (Å²) >= 11 is 0. The second-order valence-corrected chi connectivity index (χ2v) is 8.96. The summed E-state index contributed by atoms with van der Waals surface area (Å²) < 4.78 is 14.8. The molecule has 3 aliphatic rings. The van der Waals surface area contributed by atoms with E-state index in [1.807, 2.05) is 9.80 Å². The standard InChI is InChI=1S/C22H30FN3O4/c23-18-12-15(13-24-21(29)30)2-7-19(18)25-10-1-8-22(14-25)9-11-26(20(22)28)16-3-5-17(27)6-4-16/h2,7,12,16-17,24,27H,1,3-6,8-11,13-14H2,(H,29,30)/t16?,17?,22-/m0/s1. The van der Waals surface area contributed by atoms with E-state index in [2.05, 4.69) is 5.32 Å². The van der Waals surface area contributed by atoms with Crippen LogP contribution in [-0.4, -0.2) is 58.9 Å². The molecule has 1 spiro atoms. The Morgan fingerprint density at radius 1 is 1.20 bits per heavy atom. The van der Waals surface area contributed by atoms with Gasteiger partial charge in [-0.25, -0.2) is 9.18 Å². The van der Waals surface area contributed by atoms with Gasteiger partial charge in [0, 0.05) is 32.2 Å². The lowest BCUT2D eigenvalue weighted by atomic mass is 9.78. The number of nitrogens with zero attached hydrogens (tertiary/aromatic N) is 2. The van der Waals surface area contributed by atoms with Gasteiger partial charge in [-0.15, -0.1) is 0 Å². The first-order valence-electron chi connectivity index (χ1n) is 10.9. The monoisotopic (exact) mass is 419 g/mol. The molecule has 0 bridgehead atoms. The largest absolute Gasteiger partial charge is 0.465 e. The minimum atomic E-state index is -1.14. The molecule has 7 nitrogen and oxygen atoms in total. The smallest absolute Gasteiger partial charge is 0.404 e. The molecule has 30 heavy (non-hydrogen) atoms. The summed E-state index contributed by atoms with van der Waals surface area (Å²) in [5.41, 5.74) is 0.581. The predicted octanol–water partition coefficient (Wildman–Crippen LogP) is 2.72. The Kier molecular flexibility index (Phi) is 5.86. The fourth-order valence-electron chi connectivity index (χ4n) is 5.38. The van der Waals surface area contributed by atoms with Crippen LogP contribution in [0.4, 0.5) is 14.9 Å². The highest BCUT2D eigenvalue weighted by Gasteiger charge is 2.50. The summed E-state index contributed by atoms with van der Waals surface area (Å²) in [5, 5.41) is 20.7. The minimum Gasteiger partial charge on any atom is -0.465 e. The van der Waals surface area contributed by atoms with Crippen molar-refractivity contribution in [1.29, 1.82) is 0 Å². The number of halogens is 1. The third-order valence-electron chi connectivity index (χ3n) is 7.03. The van der Waals surface area contributed by atoms with Crippen LogP contribution in [0.2, 0.25) is 0 Å². The van der Waals surface area contributed by atoms with Crippen LogP contribution >= 0.6 is 0 Å². The number of rotatable bonds is 4. The molecule has 1 atom stereocenters. The van der Waals surface area contributed by atoms with Gasteiger partial charge in [0.25, 0.3) is 0 Å². The summed E-state index contributed by atoms with van der Waals surface area (Å²) in [5.74, 6) is -0.198. The predicted molar refractivity (Wildman–Crippen MR) is 110 cm³/mol. The minimum absolute atomic E-state index is 0.0556. The quantitative estimate of drug-likeness (QED) is 0.698. The number of aliphatic hydroxyl groups excluding tert-OH is 1. The summed E-state index contributed by atoms with van der Waals surface area (Å²) in [6.45, 7) is 2.02. The van der Waals surface area contributed by atoms with E-state index in [1.165, 1.54) is 6.07 Å². The highest BCUT2D eigenvalue weighted by Crippen LogP contribution is 2.43. The van der Waals surface area contributed by atoms with E-state index in [9.17, 15) is 19.1 Å². The molecule has 3 fully saturated rings. The molecule has 1 aromatic carbocycles. The van der Waals surface area contributed by atoms with Crippen molar-refractivity contribution in [2.75, 3.05) is 24.5 Å². The van der Waals surface area contributed by atoms with Crippen LogP contribution in [0.1, 0.15) is 50.5 Å². The third-order valence-corrected chi connectivity index (χ3v) is 7.03. The maximum atomic E-state index is 14.8. The Morgan fingerprint density at radius 3 is 2.67 bits per heavy atom. The van der Waals surface area contributed by atoms with Crippen molar-refractivity contribution in [3.05, 3.63) is 29.6 Å². The Morgan fingerprint density at radius 2 is 1.97 bits per heavy atom. The number of piperidine rings is 1. The van der Waals surface area contributed by atoms with Crippen molar-refractivity contribution in [2.45, 2.75) is 63.6 Å². The fourth-order valence-corrected chi connectivity index (χ4v) is 5.38. The van der Waals surface area contributed by atoms with Gasteiger partial charge in [-0.3, -0.25) is 4.79 Å². The van der Waals surface area contributed by atoms with Gasteiger partial charge < -0.3 is 25.3 Å². The highest BCUT2D eigenvalue weighted by atomic mass is 19.1. The molecule has 2 amide bonds. The molecule has 0 unspecified atom stereocenters. The molecule has 2 heterocycles. The number of carbonyl (C=O) groups is 2. The molecular weight excluding hydrogens is 389 g/mol. The summed E-state index contributed by atoms with van der Waals surface area (Å²) in [6, 6.07) is 5.00. The summed E-state index contributed by atoms with van der Waals surface area (Å²) in [6.07, 6.45) is 4.29. The van der Waals surface area contributed by atoms with Crippen LogP contribution in [0.5, 0.6) is 0 Å². The molecule has 2 saturated heterocycles. The van der Waals surface area contributed by atoms with Gasteiger partial charge in [-0.05, 0) is 62.6 Å². The van der Waals surface area contributed by atoms with E-state index in [4.69, 9.17) is 5.11 Å². The van der Waals surface area contributed by atoms with E-state index < -0.39 is 11.5 Å². The molecule has 0 radical (unpaired) electrons. The molecule has 8 heteroatoms. The van der Waals surface area contributed by atoms with E-state index in [0.29, 0.717) is 24.3 Å². The first kappa shape index (κ1) is 20.9. The second-order valence-electron chi connectivity index (χ2n) is 8.96. The van der Waals surface area contributed by atoms with Crippen LogP contribution in [0.3, 0.4) is 0 Å². The SMILES string of the molecule is O=C(O)NCc1ccc(N2CCC[C@]3(CCN(C4CCC(O)CC4)C3=O)C2)c(F)c1. The highest BCUT2D eigenvalue weighted by molar-refractivity contribution is 5.86. The van der Waals surface area contributed by atoms with Gasteiger partial charge in [-0.1, -0.05) is 6.07 Å². The van der Waals surface area contributed by atoms with Crippen LogP contribution < -0.4 is 10.2 Å². The Labute approximate surface area is 175 Å². The lowest BCUT2D eigenvalue weighted by Crippen LogP contribution is -2.50. The molecule has 1 aromatic rings. The number of aliphatic hydroxyl groups is 1. The fraction of sp³-hybridized carbons (Fsp3) is 0.636. The molecule has 164 valence electrons. The molecule has 3 N–H and O–H groups in total. The zero-order valence-corrected chi connectivity index (χ0v) is 17.1. The molecule has 2 aliphatic heterocycles. The Hall–Kier alpha value is -2.35. The third kappa shape index (κ3) is 4.10. The number of carboxylic acid groups (broad SMARTS) is 1. The maximum absolute atomic E-state index is 14.8. The number of amides is 2. The van der Waals surface area contributed by atoms with Crippen LogP contribution in [0, 0.1) is 11.2 Å². The average molecular weight is 419 g/mol. The Balaban J connectivity index is 1.45. The number of likely N-dealkylation sites (tertiary alicyclic amines) is 1. The number of carbonyl (C=O) groups excluding carboxylic acids is 1. The van der Waals surface area contributed by atoms with E-state index in [0.717, 1.165) is 51.5 Å². The van der Waals surface area contributed by atoms with Gasteiger partial charge in [0.15, 0.2) is 0 Å². The van der Waals surface area contributed by atoms with Gasteiger partial charge in [0.1, 0.15) is 5.82 Å². The first-order valence-corrected chi connectivity index (χ1v) is 10.9. The van der Waals surface area contributed by atoms with Gasteiger partial charge in [0.2, 0.25) is 5.91 Å².